The molecule has 128 valence electrons. The van der Waals surface area contributed by atoms with Crippen molar-refractivity contribution in [3.05, 3.63) is 80.5 Å². The molecule has 1 N–H and O–H groups in total. The Hall–Kier alpha value is -2.15. The number of dihydropyridines is 1. The zero-order chi connectivity index (χ0) is 18.0. The number of ether oxygens (including phenoxy) is 1. The third-order valence-electron chi connectivity index (χ3n) is 4.32. The van der Waals surface area contributed by atoms with Gasteiger partial charge in [-0.3, -0.25) is 4.98 Å². The average molecular weight is 446 g/mol. The van der Waals surface area contributed by atoms with Gasteiger partial charge in [-0.2, -0.15) is 0 Å². The maximum atomic E-state index is 12.6. The number of carbonyl (C=O) groups excluding carboxylic acids is 1. The summed E-state index contributed by atoms with van der Waals surface area (Å²) in [5.74, 6) is -0.518. The zero-order valence-electron chi connectivity index (χ0n) is 14.3. The molecule has 1 aliphatic heterocycles. The summed E-state index contributed by atoms with van der Waals surface area (Å²) >= 11 is 2.29. The zero-order valence-corrected chi connectivity index (χ0v) is 16.5. The van der Waals surface area contributed by atoms with Crippen molar-refractivity contribution in [3.63, 3.8) is 0 Å². The molecule has 0 bridgehead atoms. The van der Waals surface area contributed by atoms with Crippen molar-refractivity contribution < 1.29 is 9.53 Å². The summed E-state index contributed by atoms with van der Waals surface area (Å²) in [7, 11) is 1.42. The number of carbonyl (C=O) groups is 1. The first-order valence-corrected chi connectivity index (χ1v) is 9.03. The molecule has 3 rings (SSSR count). The second-order valence-corrected chi connectivity index (χ2v) is 7.17. The molecule has 0 saturated carbocycles. The molecule has 1 aromatic carbocycles. The van der Waals surface area contributed by atoms with Gasteiger partial charge in [-0.25, -0.2) is 4.79 Å². The number of benzene rings is 1. The summed E-state index contributed by atoms with van der Waals surface area (Å²) in [4.78, 5) is 16.8. The number of methoxy groups -OCH3 is 1. The minimum absolute atomic E-state index is 0.201. The first-order valence-electron chi connectivity index (χ1n) is 7.95. The van der Waals surface area contributed by atoms with E-state index in [0.29, 0.717) is 5.57 Å². The van der Waals surface area contributed by atoms with Crippen LogP contribution in [0.2, 0.25) is 0 Å². The SMILES string of the molecule is COC(=O)C1=C(C)NC(C)=C(c2cccnc2)C1c1cccc(I)c1. The van der Waals surface area contributed by atoms with Gasteiger partial charge in [0.2, 0.25) is 0 Å². The lowest BCUT2D eigenvalue weighted by molar-refractivity contribution is -0.136. The second kappa shape index (κ2) is 7.39. The predicted molar refractivity (Wildman–Crippen MR) is 107 cm³/mol. The summed E-state index contributed by atoms with van der Waals surface area (Å²) < 4.78 is 6.21. The average Bonchev–Trinajstić information content (AvgIpc) is 2.61. The molecule has 0 amide bonds. The van der Waals surface area contributed by atoms with Gasteiger partial charge in [-0.15, -0.1) is 0 Å². The summed E-state index contributed by atoms with van der Waals surface area (Å²) in [6.45, 7) is 3.94. The summed E-state index contributed by atoms with van der Waals surface area (Å²) in [5.41, 5.74) is 5.56. The van der Waals surface area contributed by atoms with E-state index < -0.39 is 0 Å². The minimum Gasteiger partial charge on any atom is -0.466 e. The second-order valence-electron chi connectivity index (χ2n) is 5.92. The monoisotopic (exact) mass is 446 g/mol. The number of nitrogens with one attached hydrogen (secondary N) is 1. The van der Waals surface area contributed by atoms with Gasteiger partial charge in [0.1, 0.15) is 0 Å². The van der Waals surface area contributed by atoms with E-state index in [9.17, 15) is 4.79 Å². The molecule has 1 aliphatic rings. The lowest BCUT2D eigenvalue weighted by Gasteiger charge is -2.31. The Kier molecular flexibility index (Phi) is 5.22. The van der Waals surface area contributed by atoms with Crippen molar-refractivity contribution in [2.45, 2.75) is 19.8 Å². The van der Waals surface area contributed by atoms with E-state index in [4.69, 9.17) is 4.74 Å². The molecule has 25 heavy (non-hydrogen) atoms. The number of esters is 1. The molecule has 0 spiro atoms. The Bertz CT molecular complexity index is 872. The van der Waals surface area contributed by atoms with E-state index in [-0.39, 0.29) is 11.9 Å². The quantitative estimate of drug-likeness (QED) is 0.566. The van der Waals surface area contributed by atoms with Gasteiger partial charge in [0, 0.05) is 33.3 Å². The third kappa shape index (κ3) is 3.46. The number of hydrogen-bond donors (Lipinski definition) is 1. The number of aromatic nitrogens is 1. The number of nitrogens with zero attached hydrogens (tertiary/aromatic N) is 1. The molecule has 5 heteroatoms. The molecule has 2 aromatic rings. The molecule has 0 saturated heterocycles. The van der Waals surface area contributed by atoms with Crippen LogP contribution in [0.15, 0.2) is 65.8 Å². The normalized spacial score (nSPS) is 17.4. The van der Waals surface area contributed by atoms with E-state index in [0.717, 1.165) is 31.7 Å². The molecule has 1 aromatic heterocycles. The Morgan fingerprint density at radius 3 is 2.64 bits per heavy atom. The number of allylic oxidation sites excluding steroid dienone is 3. The van der Waals surface area contributed by atoms with Gasteiger partial charge in [0.05, 0.1) is 12.7 Å². The van der Waals surface area contributed by atoms with Crippen molar-refractivity contribution >= 4 is 34.1 Å². The first kappa shape index (κ1) is 17.7. The highest BCUT2D eigenvalue weighted by atomic mass is 127. The van der Waals surface area contributed by atoms with Crippen LogP contribution in [0.1, 0.15) is 30.9 Å². The standard InChI is InChI=1S/C20H19IN2O2/c1-12-17(15-7-5-9-22-11-15)19(14-6-4-8-16(21)10-14)18(13(2)23-12)20(24)25-3/h4-11,19,23H,1-3H3. The Morgan fingerprint density at radius 2 is 2.00 bits per heavy atom. The van der Waals surface area contributed by atoms with Gasteiger partial charge >= 0.3 is 5.97 Å². The topological polar surface area (TPSA) is 51.2 Å². The highest BCUT2D eigenvalue weighted by molar-refractivity contribution is 14.1. The first-order chi connectivity index (χ1) is 12.0. The molecule has 2 heterocycles. The molecule has 0 aliphatic carbocycles. The van der Waals surface area contributed by atoms with E-state index in [1.165, 1.54) is 7.11 Å². The van der Waals surface area contributed by atoms with Crippen LogP contribution in [0, 0.1) is 3.57 Å². The summed E-state index contributed by atoms with van der Waals surface area (Å²) in [5, 5.41) is 3.34. The van der Waals surface area contributed by atoms with E-state index in [1.807, 2.05) is 44.3 Å². The maximum Gasteiger partial charge on any atom is 0.336 e. The lowest BCUT2D eigenvalue weighted by atomic mass is 9.78. The van der Waals surface area contributed by atoms with Crippen molar-refractivity contribution in [1.29, 1.82) is 0 Å². The Labute approximate surface area is 161 Å². The van der Waals surface area contributed by atoms with E-state index in [1.54, 1.807) is 6.20 Å². The predicted octanol–water partition coefficient (Wildman–Crippen LogP) is 4.25. The van der Waals surface area contributed by atoms with Gasteiger partial charge in [0.25, 0.3) is 0 Å². The molecular formula is C20H19IN2O2. The fourth-order valence-corrected chi connectivity index (χ4v) is 3.87. The third-order valence-corrected chi connectivity index (χ3v) is 4.99. The van der Waals surface area contributed by atoms with Crippen LogP contribution in [0.3, 0.4) is 0 Å². The van der Waals surface area contributed by atoms with Crippen LogP contribution in [-0.2, 0) is 9.53 Å². The van der Waals surface area contributed by atoms with E-state index in [2.05, 4.69) is 45.0 Å². The van der Waals surface area contributed by atoms with Crippen LogP contribution in [0.5, 0.6) is 0 Å². The molecule has 0 fully saturated rings. The van der Waals surface area contributed by atoms with E-state index >= 15 is 0 Å². The van der Waals surface area contributed by atoms with Gasteiger partial charge in [-0.1, -0.05) is 18.2 Å². The molecule has 0 radical (unpaired) electrons. The fourth-order valence-electron chi connectivity index (χ4n) is 3.30. The van der Waals surface area contributed by atoms with Crippen LogP contribution in [0.4, 0.5) is 0 Å². The van der Waals surface area contributed by atoms with Crippen LogP contribution < -0.4 is 5.32 Å². The number of halogens is 1. The molecule has 4 nitrogen and oxygen atoms in total. The molecular weight excluding hydrogens is 427 g/mol. The smallest absolute Gasteiger partial charge is 0.336 e. The molecule has 1 atom stereocenters. The Balaban J connectivity index is 2.25. The summed E-state index contributed by atoms with van der Waals surface area (Å²) in [6, 6.07) is 12.1. The van der Waals surface area contributed by atoms with Crippen molar-refractivity contribution in [2.75, 3.05) is 7.11 Å². The largest absolute Gasteiger partial charge is 0.466 e. The van der Waals surface area contributed by atoms with Gasteiger partial charge in [-0.05, 0) is 71.3 Å². The van der Waals surface area contributed by atoms with Crippen LogP contribution >= 0.6 is 22.6 Å². The van der Waals surface area contributed by atoms with Crippen molar-refractivity contribution in [1.82, 2.24) is 10.3 Å². The molecule has 1 unspecified atom stereocenters. The van der Waals surface area contributed by atoms with Gasteiger partial charge in [0.15, 0.2) is 0 Å². The van der Waals surface area contributed by atoms with Crippen LogP contribution in [0.25, 0.3) is 5.57 Å². The Morgan fingerprint density at radius 1 is 1.20 bits per heavy atom. The van der Waals surface area contributed by atoms with Crippen molar-refractivity contribution in [2.24, 2.45) is 0 Å². The number of pyridine rings is 1. The van der Waals surface area contributed by atoms with Crippen LogP contribution in [-0.4, -0.2) is 18.1 Å². The number of hydrogen-bond acceptors (Lipinski definition) is 4. The highest BCUT2D eigenvalue weighted by Gasteiger charge is 2.34. The minimum atomic E-state index is -0.317. The van der Waals surface area contributed by atoms with Crippen molar-refractivity contribution in [3.8, 4) is 0 Å². The fraction of sp³-hybridized carbons (Fsp3) is 0.200. The number of rotatable bonds is 3. The summed E-state index contributed by atoms with van der Waals surface area (Å²) in [6.07, 6.45) is 3.58. The maximum absolute atomic E-state index is 12.6. The van der Waals surface area contributed by atoms with Gasteiger partial charge < -0.3 is 10.1 Å². The lowest BCUT2D eigenvalue weighted by Crippen LogP contribution is -2.28. The highest BCUT2D eigenvalue weighted by Crippen LogP contribution is 2.43.